The van der Waals surface area contributed by atoms with Crippen molar-refractivity contribution in [3.05, 3.63) is 47.7 Å². The average molecular weight is 184 g/mol. The van der Waals surface area contributed by atoms with Crippen molar-refractivity contribution in [2.45, 2.75) is 6.42 Å². The van der Waals surface area contributed by atoms with E-state index in [-0.39, 0.29) is 0 Å². The lowest BCUT2D eigenvalue weighted by molar-refractivity contribution is 0.682. The summed E-state index contributed by atoms with van der Waals surface area (Å²) >= 11 is 0. The van der Waals surface area contributed by atoms with Gasteiger partial charge in [-0.15, -0.1) is 0 Å². The molecule has 1 aromatic rings. The maximum Gasteiger partial charge on any atom is 0.434 e. The van der Waals surface area contributed by atoms with Crippen molar-refractivity contribution >= 4 is 9.46 Å². The minimum absolute atomic E-state index is 0.609. The van der Waals surface area contributed by atoms with Gasteiger partial charge in [-0.25, -0.2) is 0 Å². The van der Waals surface area contributed by atoms with Crippen LogP contribution in [-0.2, 0) is 6.42 Å². The Kier molecular flexibility index (Phi) is 3.67. The Morgan fingerprint density at radius 2 is 1.83 bits per heavy atom. The maximum atomic E-state index is 11.8. The zero-order valence-electron chi connectivity index (χ0n) is 6.58. The smallest absolute Gasteiger partial charge is 0.269 e. The van der Waals surface area contributed by atoms with Gasteiger partial charge in [-0.05, 0) is 17.7 Å². The first-order valence-electron chi connectivity index (χ1n) is 3.78. The van der Waals surface area contributed by atoms with E-state index in [0.717, 1.165) is 11.3 Å². The molecule has 3 heteroatoms. The van der Waals surface area contributed by atoms with Crippen LogP contribution in [-0.4, -0.2) is 9.46 Å². The molecule has 0 aliphatic carbocycles. The van der Waals surface area contributed by atoms with Gasteiger partial charge in [-0.3, -0.25) is 8.22 Å². The van der Waals surface area contributed by atoms with E-state index in [0.29, 0.717) is 6.42 Å². The van der Waals surface area contributed by atoms with Crippen molar-refractivity contribution in [2.24, 2.45) is 0 Å². The molecule has 0 aliphatic heterocycles. The molecule has 64 valence electrons. The van der Waals surface area contributed by atoms with Crippen LogP contribution >= 0.6 is 0 Å². The summed E-state index contributed by atoms with van der Waals surface area (Å²) in [7, 11) is -3.49. The van der Waals surface area contributed by atoms with Crippen LogP contribution < -0.4 is 0 Å². The molecule has 0 heterocycles. The maximum absolute atomic E-state index is 11.8. The summed E-state index contributed by atoms with van der Waals surface area (Å²) in [6, 6.07) is 9.58. The molecule has 0 radical (unpaired) electrons. The zero-order valence-corrected chi connectivity index (χ0v) is 7.74. The molecule has 0 spiro atoms. The normalized spacial score (nSPS) is 11.2. The van der Waals surface area contributed by atoms with Crippen LogP contribution in [0.15, 0.2) is 42.1 Å². The molecule has 0 bridgehead atoms. The standard InChI is InChI=1S/C9H10F2Si/c10-12(11)8-4-7-9-5-2-1-3-6-9/h1-6,8,12H,7H2. The highest BCUT2D eigenvalue weighted by Crippen LogP contribution is 2.00. The molecule has 0 nitrogen and oxygen atoms in total. The second kappa shape index (κ2) is 4.82. The largest absolute Gasteiger partial charge is 0.434 e. The first kappa shape index (κ1) is 9.13. The number of halogens is 2. The van der Waals surface area contributed by atoms with E-state index in [1.165, 1.54) is 0 Å². The van der Waals surface area contributed by atoms with Crippen LogP contribution in [0.1, 0.15) is 5.56 Å². The van der Waals surface area contributed by atoms with E-state index in [4.69, 9.17) is 0 Å². The summed E-state index contributed by atoms with van der Waals surface area (Å²) in [5, 5.41) is 0. The molecule has 0 aliphatic rings. The average Bonchev–Trinajstić information content (AvgIpc) is 2.05. The van der Waals surface area contributed by atoms with E-state index < -0.39 is 9.46 Å². The molecule has 0 saturated heterocycles. The fourth-order valence-electron chi connectivity index (χ4n) is 0.921. The van der Waals surface area contributed by atoms with Crippen LogP contribution in [0.25, 0.3) is 0 Å². The van der Waals surface area contributed by atoms with Crippen LogP contribution in [0.4, 0.5) is 8.22 Å². The molecule has 0 unspecified atom stereocenters. The van der Waals surface area contributed by atoms with Gasteiger partial charge in [0.2, 0.25) is 0 Å². The van der Waals surface area contributed by atoms with Gasteiger partial charge in [0.1, 0.15) is 0 Å². The van der Waals surface area contributed by atoms with Gasteiger partial charge in [0.25, 0.3) is 0 Å². The second-order valence-corrected chi connectivity index (χ2v) is 3.51. The Morgan fingerprint density at radius 3 is 2.42 bits per heavy atom. The van der Waals surface area contributed by atoms with Gasteiger partial charge in [0, 0.05) is 0 Å². The lowest BCUT2D eigenvalue weighted by Gasteiger charge is -1.93. The lowest BCUT2D eigenvalue weighted by Crippen LogP contribution is -1.89. The van der Waals surface area contributed by atoms with Crippen molar-refractivity contribution in [2.75, 3.05) is 0 Å². The van der Waals surface area contributed by atoms with E-state index in [2.05, 4.69) is 0 Å². The monoisotopic (exact) mass is 184 g/mol. The Morgan fingerprint density at radius 1 is 1.17 bits per heavy atom. The van der Waals surface area contributed by atoms with Crippen molar-refractivity contribution < 1.29 is 8.22 Å². The van der Waals surface area contributed by atoms with Crippen molar-refractivity contribution in [1.29, 1.82) is 0 Å². The Hall–Kier alpha value is -0.963. The van der Waals surface area contributed by atoms with E-state index in [1.54, 1.807) is 6.08 Å². The van der Waals surface area contributed by atoms with Gasteiger partial charge in [-0.2, -0.15) is 0 Å². The first-order valence-corrected chi connectivity index (χ1v) is 5.32. The van der Waals surface area contributed by atoms with E-state index >= 15 is 0 Å². The minimum Gasteiger partial charge on any atom is -0.269 e. The fourth-order valence-corrected chi connectivity index (χ4v) is 1.26. The molecular formula is C9H10F2Si. The molecule has 0 aromatic heterocycles. The minimum atomic E-state index is -3.49. The molecule has 0 fully saturated rings. The third-order valence-electron chi connectivity index (χ3n) is 1.48. The summed E-state index contributed by atoms with van der Waals surface area (Å²) in [4.78, 5) is 0. The summed E-state index contributed by atoms with van der Waals surface area (Å²) in [5.41, 5.74) is 2.12. The predicted molar refractivity (Wildman–Crippen MR) is 48.7 cm³/mol. The van der Waals surface area contributed by atoms with Crippen LogP contribution in [0.2, 0.25) is 0 Å². The molecular weight excluding hydrogens is 174 g/mol. The Balaban J connectivity index is 2.43. The van der Waals surface area contributed by atoms with Crippen molar-refractivity contribution in [3.8, 4) is 0 Å². The third kappa shape index (κ3) is 3.43. The van der Waals surface area contributed by atoms with Crippen molar-refractivity contribution in [3.63, 3.8) is 0 Å². The van der Waals surface area contributed by atoms with Crippen LogP contribution in [0, 0.1) is 0 Å². The quantitative estimate of drug-likeness (QED) is 0.500. The first-order chi connectivity index (χ1) is 5.79. The van der Waals surface area contributed by atoms with Gasteiger partial charge in [0.05, 0.1) is 0 Å². The number of hydrogen-bond acceptors (Lipinski definition) is 0. The van der Waals surface area contributed by atoms with Crippen molar-refractivity contribution in [1.82, 2.24) is 0 Å². The fraction of sp³-hybridized carbons (Fsp3) is 0.111. The molecule has 12 heavy (non-hydrogen) atoms. The van der Waals surface area contributed by atoms with Gasteiger partial charge < -0.3 is 0 Å². The van der Waals surface area contributed by atoms with Crippen LogP contribution in [0.3, 0.4) is 0 Å². The summed E-state index contributed by atoms with van der Waals surface area (Å²) in [6.45, 7) is 0. The summed E-state index contributed by atoms with van der Waals surface area (Å²) in [6.07, 6.45) is 2.16. The molecule has 0 atom stereocenters. The number of allylic oxidation sites excluding steroid dienone is 1. The SMILES string of the molecule is F[SiH](F)C=CCc1ccccc1. The highest BCUT2D eigenvalue weighted by Gasteiger charge is 1.97. The predicted octanol–water partition coefficient (Wildman–Crippen LogP) is 2.48. The second-order valence-electron chi connectivity index (χ2n) is 2.45. The number of rotatable bonds is 3. The molecule has 0 N–H and O–H groups in total. The summed E-state index contributed by atoms with van der Waals surface area (Å²) in [5.74, 6) is 0. The van der Waals surface area contributed by atoms with E-state index in [1.807, 2.05) is 30.3 Å². The van der Waals surface area contributed by atoms with Gasteiger partial charge in [0.15, 0.2) is 0 Å². The summed E-state index contributed by atoms with van der Waals surface area (Å²) < 4.78 is 23.6. The third-order valence-corrected chi connectivity index (χ3v) is 2.04. The zero-order chi connectivity index (χ0) is 8.81. The highest BCUT2D eigenvalue weighted by atomic mass is 28.4. The Bertz CT molecular complexity index is 244. The Labute approximate surface area is 72.5 Å². The molecule has 0 saturated carbocycles. The number of hydrogen-bond donors (Lipinski definition) is 0. The molecule has 1 aromatic carbocycles. The molecule has 0 amide bonds. The lowest BCUT2D eigenvalue weighted by atomic mass is 10.2. The highest BCUT2D eigenvalue weighted by molar-refractivity contribution is 6.49. The van der Waals surface area contributed by atoms with Gasteiger partial charge in [-0.1, -0.05) is 36.4 Å². The van der Waals surface area contributed by atoms with E-state index in [9.17, 15) is 8.22 Å². The number of benzene rings is 1. The van der Waals surface area contributed by atoms with Gasteiger partial charge >= 0.3 is 9.46 Å². The van der Waals surface area contributed by atoms with Crippen LogP contribution in [0.5, 0.6) is 0 Å². The topological polar surface area (TPSA) is 0 Å². The molecule has 1 rings (SSSR count).